The Morgan fingerprint density at radius 1 is 1.57 bits per heavy atom. The van der Waals surface area contributed by atoms with Gasteiger partial charge >= 0.3 is 0 Å². The summed E-state index contributed by atoms with van der Waals surface area (Å²) in [4.78, 5) is 3.02. The molecule has 0 atom stereocenters. The summed E-state index contributed by atoms with van der Waals surface area (Å²) < 4.78 is 4.42. The van der Waals surface area contributed by atoms with Crippen LogP contribution in [0.25, 0.3) is 5.82 Å². The molecule has 0 saturated heterocycles. The highest BCUT2D eigenvalue weighted by molar-refractivity contribution is 7.71. The molecule has 14 heavy (non-hydrogen) atoms. The molecule has 0 aliphatic rings. The van der Waals surface area contributed by atoms with Crippen molar-refractivity contribution in [2.75, 3.05) is 0 Å². The first-order valence-electron chi connectivity index (χ1n) is 4.51. The first kappa shape index (κ1) is 9.21. The van der Waals surface area contributed by atoms with E-state index >= 15 is 0 Å². The monoisotopic (exact) mass is 208 g/mol. The molecular weight excluding hydrogens is 196 g/mol. The fourth-order valence-corrected chi connectivity index (χ4v) is 1.71. The average Bonchev–Trinajstić information content (AvgIpc) is 2.71. The van der Waals surface area contributed by atoms with Crippen LogP contribution in [0, 0.1) is 4.77 Å². The fourth-order valence-electron chi connectivity index (χ4n) is 1.44. The van der Waals surface area contributed by atoms with Crippen molar-refractivity contribution in [2.24, 2.45) is 7.05 Å². The Morgan fingerprint density at radius 2 is 2.36 bits per heavy atom. The van der Waals surface area contributed by atoms with Crippen molar-refractivity contribution in [3.8, 4) is 5.82 Å². The Balaban J connectivity index is 2.60. The molecule has 0 radical (unpaired) electrons. The Labute approximate surface area is 87.2 Å². The summed E-state index contributed by atoms with van der Waals surface area (Å²) in [6, 6.07) is 1.95. The molecule has 0 amide bonds. The molecule has 2 aromatic rings. The normalized spacial score (nSPS) is 10.7. The van der Waals surface area contributed by atoms with E-state index in [-0.39, 0.29) is 0 Å². The summed E-state index contributed by atoms with van der Waals surface area (Å²) in [6.07, 6.45) is 4.77. The van der Waals surface area contributed by atoms with Crippen LogP contribution in [0.3, 0.4) is 0 Å². The summed E-state index contributed by atoms with van der Waals surface area (Å²) in [7, 11) is 1.89. The lowest BCUT2D eigenvalue weighted by molar-refractivity contribution is 0.743. The molecule has 74 valence electrons. The quantitative estimate of drug-likeness (QED) is 0.765. The van der Waals surface area contributed by atoms with Gasteiger partial charge in [0.1, 0.15) is 0 Å². The highest BCUT2D eigenvalue weighted by Gasteiger charge is 2.06. The number of hydrogen-bond acceptors (Lipinski definition) is 2. The molecule has 0 unspecified atom stereocenters. The van der Waals surface area contributed by atoms with Crippen molar-refractivity contribution in [1.82, 2.24) is 19.3 Å². The van der Waals surface area contributed by atoms with Gasteiger partial charge in [0.05, 0.1) is 0 Å². The maximum absolute atomic E-state index is 5.19. The molecule has 0 aliphatic heterocycles. The van der Waals surface area contributed by atoms with Gasteiger partial charge in [-0.25, -0.2) is 0 Å². The Bertz CT molecular complexity index is 491. The topological polar surface area (TPSA) is 38.5 Å². The van der Waals surface area contributed by atoms with Crippen LogP contribution in [0.15, 0.2) is 18.5 Å². The van der Waals surface area contributed by atoms with Gasteiger partial charge in [0.25, 0.3) is 0 Å². The van der Waals surface area contributed by atoms with Gasteiger partial charge in [0.15, 0.2) is 10.6 Å². The van der Waals surface area contributed by atoms with Gasteiger partial charge in [0.2, 0.25) is 0 Å². The molecule has 0 aromatic carbocycles. The molecule has 0 fully saturated rings. The van der Waals surface area contributed by atoms with Gasteiger partial charge in [-0.2, -0.15) is 5.10 Å². The van der Waals surface area contributed by atoms with Crippen molar-refractivity contribution in [2.45, 2.75) is 13.3 Å². The van der Waals surface area contributed by atoms with E-state index in [1.54, 1.807) is 4.68 Å². The van der Waals surface area contributed by atoms with Crippen LogP contribution in [-0.4, -0.2) is 19.3 Å². The van der Waals surface area contributed by atoms with Gasteiger partial charge in [-0.15, -0.1) is 0 Å². The van der Waals surface area contributed by atoms with E-state index in [0.717, 1.165) is 17.9 Å². The molecule has 0 spiro atoms. The molecule has 5 heteroatoms. The summed E-state index contributed by atoms with van der Waals surface area (Å²) in [5.74, 6) is 0.871. The minimum absolute atomic E-state index is 0.695. The minimum Gasteiger partial charge on any atom is -0.337 e. The smallest absolute Gasteiger partial charge is 0.183 e. The van der Waals surface area contributed by atoms with Gasteiger partial charge in [0, 0.05) is 31.2 Å². The van der Waals surface area contributed by atoms with Crippen LogP contribution >= 0.6 is 12.2 Å². The highest BCUT2D eigenvalue weighted by Crippen LogP contribution is 2.10. The van der Waals surface area contributed by atoms with E-state index < -0.39 is 0 Å². The Morgan fingerprint density at radius 3 is 2.93 bits per heavy atom. The molecule has 2 heterocycles. The lowest BCUT2D eigenvalue weighted by Crippen LogP contribution is -2.01. The number of aryl methyl sites for hydroxylation is 2. The summed E-state index contributed by atoms with van der Waals surface area (Å²) in [5.41, 5.74) is 1.15. The largest absolute Gasteiger partial charge is 0.337 e. The minimum atomic E-state index is 0.695. The maximum Gasteiger partial charge on any atom is 0.183 e. The maximum atomic E-state index is 5.19. The third-order valence-corrected chi connectivity index (χ3v) is 2.44. The number of hydrogen-bond donors (Lipinski definition) is 1. The van der Waals surface area contributed by atoms with Crippen molar-refractivity contribution in [3.05, 3.63) is 28.9 Å². The standard InChI is InChI=1S/C9H12N4S/c1-3-7-6-10-9(14)13(7)8-4-5-12(2)11-8/h4-6H,3H2,1-2H3,(H,10,14). The van der Waals surface area contributed by atoms with Gasteiger partial charge in [-0.1, -0.05) is 6.92 Å². The Hall–Kier alpha value is -1.36. The van der Waals surface area contributed by atoms with E-state index in [4.69, 9.17) is 12.2 Å². The number of nitrogens with zero attached hydrogens (tertiary/aromatic N) is 3. The fraction of sp³-hybridized carbons (Fsp3) is 0.333. The second-order valence-corrected chi connectivity index (χ2v) is 3.51. The van der Waals surface area contributed by atoms with Crippen LogP contribution < -0.4 is 0 Å². The number of rotatable bonds is 2. The van der Waals surface area contributed by atoms with Gasteiger partial charge in [-0.05, 0) is 18.6 Å². The van der Waals surface area contributed by atoms with E-state index in [1.807, 2.05) is 30.1 Å². The predicted octanol–water partition coefficient (Wildman–Crippen LogP) is 1.83. The zero-order chi connectivity index (χ0) is 10.1. The Kier molecular flexibility index (Phi) is 2.25. The molecule has 4 nitrogen and oxygen atoms in total. The second-order valence-electron chi connectivity index (χ2n) is 3.12. The second kappa shape index (κ2) is 3.42. The zero-order valence-electron chi connectivity index (χ0n) is 8.19. The number of H-pyrrole nitrogens is 1. The number of aromatic nitrogens is 4. The third kappa shape index (κ3) is 1.39. The SMILES string of the molecule is CCc1c[nH]c(=S)n1-c1ccn(C)n1. The lowest BCUT2D eigenvalue weighted by atomic mass is 10.3. The molecule has 1 N–H and O–H groups in total. The highest BCUT2D eigenvalue weighted by atomic mass is 32.1. The molecule has 0 aliphatic carbocycles. The van der Waals surface area contributed by atoms with E-state index in [9.17, 15) is 0 Å². The summed E-state index contributed by atoms with van der Waals surface area (Å²) in [5, 5.41) is 4.32. The van der Waals surface area contributed by atoms with Crippen LogP contribution in [-0.2, 0) is 13.5 Å². The van der Waals surface area contributed by atoms with E-state index in [2.05, 4.69) is 17.0 Å². The number of aromatic amines is 1. The van der Waals surface area contributed by atoms with Crippen LogP contribution in [0.2, 0.25) is 0 Å². The molecule has 0 bridgehead atoms. The third-order valence-electron chi connectivity index (χ3n) is 2.14. The van der Waals surface area contributed by atoms with E-state index in [0.29, 0.717) is 4.77 Å². The zero-order valence-corrected chi connectivity index (χ0v) is 9.01. The predicted molar refractivity (Wildman–Crippen MR) is 57.1 cm³/mol. The molecule has 2 rings (SSSR count). The summed E-state index contributed by atoms with van der Waals surface area (Å²) >= 11 is 5.19. The lowest BCUT2D eigenvalue weighted by Gasteiger charge is -2.01. The molecule has 0 saturated carbocycles. The first-order chi connectivity index (χ1) is 6.72. The number of nitrogens with one attached hydrogen (secondary N) is 1. The van der Waals surface area contributed by atoms with Crippen molar-refractivity contribution in [1.29, 1.82) is 0 Å². The average molecular weight is 208 g/mol. The van der Waals surface area contributed by atoms with Crippen LogP contribution in [0.5, 0.6) is 0 Å². The first-order valence-corrected chi connectivity index (χ1v) is 4.92. The van der Waals surface area contributed by atoms with Gasteiger partial charge in [-0.3, -0.25) is 9.25 Å². The van der Waals surface area contributed by atoms with E-state index in [1.165, 1.54) is 0 Å². The molecular formula is C9H12N4S. The van der Waals surface area contributed by atoms with Crippen molar-refractivity contribution < 1.29 is 0 Å². The van der Waals surface area contributed by atoms with Gasteiger partial charge < -0.3 is 4.98 Å². The number of imidazole rings is 1. The van der Waals surface area contributed by atoms with Crippen LogP contribution in [0.1, 0.15) is 12.6 Å². The molecule has 2 aromatic heterocycles. The van der Waals surface area contributed by atoms with Crippen LogP contribution in [0.4, 0.5) is 0 Å². The van der Waals surface area contributed by atoms with Crippen molar-refractivity contribution >= 4 is 12.2 Å². The van der Waals surface area contributed by atoms with Crippen molar-refractivity contribution in [3.63, 3.8) is 0 Å². The summed E-state index contributed by atoms with van der Waals surface area (Å²) in [6.45, 7) is 2.09.